The van der Waals surface area contributed by atoms with Gasteiger partial charge in [0.25, 0.3) is 0 Å². The highest BCUT2D eigenvalue weighted by Crippen LogP contribution is 2.27. The van der Waals surface area contributed by atoms with Gasteiger partial charge < -0.3 is 0 Å². The number of aromatic nitrogens is 3. The molecule has 0 radical (unpaired) electrons. The predicted octanol–water partition coefficient (Wildman–Crippen LogP) is 2.74. The van der Waals surface area contributed by atoms with Gasteiger partial charge in [-0.25, -0.2) is 9.07 Å². The summed E-state index contributed by atoms with van der Waals surface area (Å²) in [6.45, 7) is 3.95. The van der Waals surface area contributed by atoms with Crippen LogP contribution in [0.15, 0.2) is 24.4 Å². The number of halogens is 1. The van der Waals surface area contributed by atoms with Crippen molar-refractivity contribution in [2.75, 3.05) is 0 Å². The first kappa shape index (κ1) is 10.8. The Kier molecular flexibility index (Phi) is 2.73. The van der Waals surface area contributed by atoms with Gasteiger partial charge in [0.2, 0.25) is 0 Å². The van der Waals surface area contributed by atoms with Crippen molar-refractivity contribution >= 4 is 0 Å². The first-order chi connectivity index (χ1) is 7.61. The third kappa shape index (κ3) is 1.71. The Labute approximate surface area is 93.9 Å². The molecule has 0 spiro atoms. The molecule has 0 bridgehead atoms. The number of hydrogen-bond acceptors (Lipinski definition) is 2. The van der Waals surface area contributed by atoms with Crippen molar-refractivity contribution in [3.05, 3.63) is 35.8 Å². The van der Waals surface area contributed by atoms with Crippen LogP contribution in [0.2, 0.25) is 0 Å². The number of nitrogens with zero attached hydrogens (tertiary/aromatic N) is 3. The van der Waals surface area contributed by atoms with Crippen LogP contribution in [-0.4, -0.2) is 15.0 Å². The summed E-state index contributed by atoms with van der Waals surface area (Å²) in [5, 5.41) is 7.57. The fraction of sp³-hybridized carbons (Fsp3) is 0.333. The van der Waals surface area contributed by atoms with Crippen LogP contribution in [0.4, 0.5) is 4.39 Å². The summed E-state index contributed by atoms with van der Waals surface area (Å²) in [7, 11) is 1.75. The molecule has 2 rings (SSSR count). The van der Waals surface area contributed by atoms with Crippen molar-refractivity contribution in [3.8, 4) is 11.3 Å². The largest absolute Gasteiger partial charge is 0.248 e. The lowest BCUT2D eigenvalue weighted by Gasteiger charge is -2.10. The van der Waals surface area contributed by atoms with Gasteiger partial charge in [-0.05, 0) is 17.5 Å². The van der Waals surface area contributed by atoms with Crippen LogP contribution in [0, 0.1) is 5.82 Å². The van der Waals surface area contributed by atoms with Gasteiger partial charge in [-0.3, -0.25) is 0 Å². The summed E-state index contributed by atoms with van der Waals surface area (Å²) in [5.41, 5.74) is 1.97. The summed E-state index contributed by atoms with van der Waals surface area (Å²) >= 11 is 0. The van der Waals surface area contributed by atoms with E-state index in [1.54, 1.807) is 24.0 Å². The van der Waals surface area contributed by atoms with Crippen molar-refractivity contribution in [2.45, 2.75) is 19.8 Å². The minimum absolute atomic E-state index is 0.168. The van der Waals surface area contributed by atoms with Gasteiger partial charge in [-0.1, -0.05) is 31.2 Å². The molecule has 0 aliphatic heterocycles. The predicted molar refractivity (Wildman–Crippen MR) is 60.5 cm³/mol. The highest BCUT2D eigenvalue weighted by Gasteiger charge is 2.14. The van der Waals surface area contributed by atoms with Crippen molar-refractivity contribution in [3.63, 3.8) is 0 Å². The standard InChI is InChI=1S/C12H14FN3/c1-8(2)9-5-4-6-10(12(9)13)11-7-14-15-16(11)3/h4-8H,1-3H3. The van der Waals surface area contributed by atoms with E-state index in [0.29, 0.717) is 11.3 Å². The molecule has 0 fully saturated rings. The first-order valence-corrected chi connectivity index (χ1v) is 5.24. The molecule has 0 amide bonds. The zero-order chi connectivity index (χ0) is 11.7. The highest BCUT2D eigenvalue weighted by molar-refractivity contribution is 5.60. The number of rotatable bonds is 2. The maximum absolute atomic E-state index is 14.2. The molecule has 4 heteroatoms. The monoisotopic (exact) mass is 219 g/mol. The zero-order valence-corrected chi connectivity index (χ0v) is 9.61. The van der Waals surface area contributed by atoms with Crippen LogP contribution in [0.25, 0.3) is 11.3 Å². The third-order valence-corrected chi connectivity index (χ3v) is 2.64. The van der Waals surface area contributed by atoms with E-state index in [4.69, 9.17) is 0 Å². The zero-order valence-electron chi connectivity index (χ0n) is 9.61. The highest BCUT2D eigenvalue weighted by atomic mass is 19.1. The normalized spacial score (nSPS) is 11.1. The minimum atomic E-state index is -0.178. The molecule has 0 N–H and O–H groups in total. The smallest absolute Gasteiger partial charge is 0.136 e. The molecule has 16 heavy (non-hydrogen) atoms. The van der Waals surface area contributed by atoms with E-state index in [2.05, 4.69) is 10.3 Å². The maximum atomic E-state index is 14.2. The molecule has 0 atom stereocenters. The van der Waals surface area contributed by atoms with Crippen molar-refractivity contribution in [1.82, 2.24) is 15.0 Å². The fourth-order valence-electron chi connectivity index (χ4n) is 1.73. The van der Waals surface area contributed by atoms with Gasteiger partial charge >= 0.3 is 0 Å². The van der Waals surface area contributed by atoms with Gasteiger partial charge in [-0.15, -0.1) is 5.10 Å². The van der Waals surface area contributed by atoms with E-state index < -0.39 is 0 Å². The van der Waals surface area contributed by atoms with E-state index in [-0.39, 0.29) is 11.7 Å². The second kappa shape index (κ2) is 4.04. The molecule has 1 aromatic heterocycles. The maximum Gasteiger partial charge on any atom is 0.136 e. The third-order valence-electron chi connectivity index (χ3n) is 2.64. The minimum Gasteiger partial charge on any atom is -0.248 e. The Hall–Kier alpha value is -1.71. The van der Waals surface area contributed by atoms with E-state index >= 15 is 0 Å². The molecule has 0 aliphatic rings. The lowest BCUT2D eigenvalue weighted by atomic mass is 9.99. The van der Waals surface area contributed by atoms with E-state index in [0.717, 1.165) is 5.56 Å². The fourth-order valence-corrected chi connectivity index (χ4v) is 1.73. The topological polar surface area (TPSA) is 30.7 Å². The van der Waals surface area contributed by atoms with E-state index in [1.165, 1.54) is 0 Å². The number of hydrogen-bond donors (Lipinski definition) is 0. The quantitative estimate of drug-likeness (QED) is 0.777. The van der Waals surface area contributed by atoms with Crippen molar-refractivity contribution in [2.24, 2.45) is 7.05 Å². The second-order valence-electron chi connectivity index (χ2n) is 4.11. The molecule has 0 saturated heterocycles. The summed E-state index contributed by atoms with van der Waals surface area (Å²) in [6.07, 6.45) is 1.57. The molecule has 1 heterocycles. The van der Waals surface area contributed by atoms with Crippen LogP contribution >= 0.6 is 0 Å². The Morgan fingerprint density at radius 2 is 2.06 bits per heavy atom. The SMILES string of the molecule is CC(C)c1cccc(-c2cnnn2C)c1F. The molecular formula is C12H14FN3. The Morgan fingerprint density at radius 3 is 2.62 bits per heavy atom. The molecule has 0 unspecified atom stereocenters. The van der Waals surface area contributed by atoms with Gasteiger partial charge in [0, 0.05) is 12.6 Å². The van der Waals surface area contributed by atoms with Crippen LogP contribution in [0.5, 0.6) is 0 Å². The van der Waals surface area contributed by atoms with Crippen molar-refractivity contribution < 1.29 is 4.39 Å². The Bertz CT molecular complexity index is 503. The average Bonchev–Trinajstić information content (AvgIpc) is 2.64. The second-order valence-corrected chi connectivity index (χ2v) is 4.11. The van der Waals surface area contributed by atoms with E-state index in [1.807, 2.05) is 26.0 Å². The molecule has 1 aromatic carbocycles. The van der Waals surface area contributed by atoms with Crippen LogP contribution < -0.4 is 0 Å². The molecule has 3 nitrogen and oxygen atoms in total. The van der Waals surface area contributed by atoms with Gasteiger partial charge in [0.15, 0.2) is 0 Å². The number of aryl methyl sites for hydroxylation is 1. The molecular weight excluding hydrogens is 205 g/mol. The molecule has 0 aliphatic carbocycles. The van der Waals surface area contributed by atoms with Crippen molar-refractivity contribution in [1.29, 1.82) is 0 Å². The van der Waals surface area contributed by atoms with Crippen LogP contribution in [0.1, 0.15) is 25.3 Å². The van der Waals surface area contributed by atoms with Gasteiger partial charge in [0.1, 0.15) is 5.82 Å². The van der Waals surface area contributed by atoms with Crippen LogP contribution in [-0.2, 0) is 7.05 Å². The lowest BCUT2D eigenvalue weighted by molar-refractivity contribution is 0.599. The summed E-state index contributed by atoms with van der Waals surface area (Å²) in [5.74, 6) is -0.0102. The molecule has 0 saturated carbocycles. The number of benzene rings is 1. The van der Waals surface area contributed by atoms with Gasteiger partial charge in [-0.2, -0.15) is 0 Å². The summed E-state index contributed by atoms with van der Waals surface area (Å²) < 4.78 is 15.8. The van der Waals surface area contributed by atoms with Gasteiger partial charge in [0.05, 0.1) is 11.9 Å². The molecule has 2 aromatic rings. The lowest BCUT2D eigenvalue weighted by Crippen LogP contribution is -1.99. The Morgan fingerprint density at radius 1 is 1.31 bits per heavy atom. The average molecular weight is 219 g/mol. The molecule has 84 valence electrons. The summed E-state index contributed by atoms with van der Waals surface area (Å²) in [6, 6.07) is 5.42. The van der Waals surface area contributed by atoms with E-state index in [9.17, 15) is 4.39 Å². The summed E-state index contributed by atoms with van der Waals surface area (Å²) in [4.78, 5) is 0. The van der Waals surface area contributed by atoms with Crippen LogP contribution in [0.3, 0.4) is 0 Å². The first-order valence-electron chi connectivity index (χ1n) is 5.24. The Balaban J connectivity index is 2.59.